The summed E-state index contributed by atoms with van der Waals surface area (Å²) in [5, 5.41) is 6.71. The van der Waals surface area contributed by atoms with Gasteiger partial charge in [0.2, 0.25) is 0 Å². The fourth-order valence-electron chi connectivity index (χ4n) is 2.39. The van der Waals surface area contributed by atoms with E-state index in [4.69, 9.17) is 5.73 Å². The van der Waals surface area contributed by atoms with Crippen molar-refractivity contribution in [1.82, 2.24) is 9.78 Å². The maximum absolute atomic E-state index is 6.03. The summed E-state index contributed by atoms with van der Waals surface area (Å²) in [6.45, 7) is 0. The third-order valence-corrected chi connectivity index (χ3v) is 4.10. The van der Waals surface area contributed by atoms with Crippen molar-refractivity contribution >= 4 is 17.2 Å². The zero-order valence-corrected chi connectivity index (χ0v) is 9.91. The lowest BCUT2D eigenvalue weighted by molar-refractivity contribution is 0.475. The van der Waals surface area contributed by atoms with E-state index in [2.05, 4.69) is 16.5 Å². The highest BCUT2D eigenvalue weighted by Gasteiger charge is 2.20. The summed E-state index contributed by atoms with van der Waals surface area (Å²) in [6.07, 6.45) is 5.04. The van der Waals surface area contributed by atoms with Gasteiger partial charge < -0.3 is 5.73 Å². The predicted octanol–water partition coefficient (Wildman–Crippen LogP) is 3.31. The molecule has 84 valence electrons. The van der Waals surface area contributed by atoms with Gasteiger partial charge in [-0.2, -0.15) is 5.10 Å². The van der Waals surface area contributed by atoms with Crippen LogP contribution in [0.3, 0.4) is 0 Å². The second kappa shape index (κ2) is 3.94. The molecule has 0 atom stereocenters. The highest BCUT2D eigenvalue weighted by atomic mass is 32.1. The number of rotatable bonds is 2. The molecule has 0 unspecified atom stereocenters. The minimum atomic E-state index is 0.522. The second-order valence-electron chi connectivity index (χ2n) is 4.31. The van der Waals surface area contributed by atoms with Crippen LogP contribution < -0.4 is 5.73 Å². The first-order valence-electron chi connectivity index (χ1n) is 5.73. The Bertz CT molecular complexity index is 466. The Morgan fingerprint density at radius 1 is 1.38 bits per heavy atom. The number of thiophene rings is 1. The molecule has 0 radical (unpaired) electrons. The molecule has 2 aromatic rings. The third kappa shape index (κ3) is 1.63. The summed E-state index contributed by atoms with van der Waals surface area (Å²) in [7, 11) is 0. The number of nitrogens with two attached hydrogens (primary N) is 1. The smallest absolute Gasteiger partial charge is 0.122 e. The zero-order chi connectivity index (χ0) is 11.0. The SMILES string of the molecule is Nc1cc(-c2cccs2)nn1C1CCCC1. The van der Waals surface area contributed by atoms with Crippen molar-refractivity contribution in [2.45, 2.75) is 31.7 Å². The molecule has 0 amide bonds. The molecule has 3 nitrogen and oxygen atoms in total. The molecule has 0 saturated heterocycles. The molecule has 1 saturated carbocycles. The Morgan fingerprint density at radius 3 is 2.88 bits per heavy atom. The zero-order valence-electron chi connectivity index (χ0n) is 9.10. The maximum Gasteiger partial charge on any atom is 0.122 e. The average Bonchev–Trinajstić information content (AvgIpc) is 2.97. The molecule has 2 N–H and O–H groups in total. The highest BCUT2D eigenvalue weighted by Crippen LogP contribution is 2.33. The molecular formula is C12H15N3S. The number of hydrogen-bond acceptors (Lipinski definition) is 3. The summed E-state index contributed by atoms with van der Waals surface area (Å²) in [4.78, 5) is 1.20. The van der Waals surface area contributed by atoms with Gasteiger partial charge in [-0.05, 0) is 24.3 Å². The van der Waals surface area contributed by atoms with E-state index in [0.717, 1.165) is 11.5 Å². The summed E-state index contributed by atoms with van der Waals surface area (Å²) >= 11 is 1.71. The van der Waals surface area contributed by atoms with Crippen LogP contribution in [0.1, 0.15) is 31.7 Å². The van der Waals surface area contributed by atoms with Crippen LogP contribution in [-0.4, -0.2) is 9.78 Å². The van der Waals surface area contributed by atoms with E-state index < -0.39 is 0 Å². The lowest BCUT2D eigenvalue weighted by Gasteiger charge is -2.10. The van der Waals surface area contributed by atoms with Gasteiger partial charge in [0.25, 0.3) is 0 Å². The van der Waals surface area contributed by atoms with Gasteiger partial charge in [-0.15, -0.1) is 11.3 Å². The molecule has 0 aliphatic heterocycles. The maximum atomic E-state index is 6.03. The molecule has 1 aliphatic rings. The van der Waals surface area contributed by atoms with Crippen molar-refractivity contribution in [3.8, 4) is 10.6 Å². The Kier molecular flexibility index (Phi) is 2.44. The van der Waals surface area contributed by atoms with E-state index in [0.29, 0.717) is 6.04 Å². The summed E-state index contributed by atoms with van der Waals surface area (Å²) in [5.41, 5.74) is 7.05. The first-order chi connectivity index (χ1) is 7.84. The largest absolute Gasteiger partial charge is 0.384 e. The van der Waals surface area contributed by atoms with E-state index in [-0.39, 0.29) is 0 Å². The monoisotopic (exact) mass is 233 g/mol. The molecule has 0 aromatic carbocycles. The highest BCUT2D eigenvalue weighted by molar-refractivity contribution is 7.13. The number of nitrogens with zero attached hydrogens (tertiary/aromatic N) is 2. The van der Waals surface area contributed by atoms with Crippen molar-refractivity contribution in [3.05, 3.63) is 23.6 Å². The topological polar surface area (TPSA) is 43.8 Å². The van der Waals surface area contributed by atoms with Gasteiger partial charge in [0.1, 0.15) is 11.5 Å². The number of hydrogen-bond donors (Lipinski definition) is 1. The van der Waals surface area contributed by atoms with Gasteiger partial charge >= 0.3 is 0 Å². The van der Waals surface area contributed by atoms with Crippen molar-refractivity contribution < 1.29 is 0 Å². The summed E-state index contributed by atoms with van der Waals surface area (Å²) in [6, 6.07) is 6.65. The van der Waals surface area contributed by atoms with Crippen LogP contribution in [0, 0.1) is 0 Å². The van der Waals surface area contributed by atoms with Gasteiger partial charge in [-0.3, -0.25) is 0 Å². The fourth-order valence-corrected chi connectivity index (χ4v) is 3.08. The van der Waals surface area contributed by atoms with E-state index in [1.54, 1.807) is 11.3 Å². The minimum absolute atomic E-state index is 0.522. The molecule has 0 spiro atoms. The van der Waals surface area contributed by atoms with Gasteiger partial charge in [-0.1, -0.05) is 18.9 Å². The molecule has 0 bridgehead atoms. The summed E-state index contributed by atoms with van der Waals surface area (Å²) < 4.78 is 2.02. The van der Waals surface area contributed by atoms with Crippen LogP contribution in [0.25, 0.3) is 10.6 Å². The number of anilines is 1. The molecule has 3 rings (SSSR count). The van der Waals surface area contributed by atoms with Crippen LogP contribution in [0.2, 0.25) is 0 Å². The van der Waals surface area contributed by atoms with Crippen LogP contribution in [0.15, 0.2) is 23.6 Å². The van der Waals surface area contributed by atoms with Crippen molar-refractivity contribution in [1.29, 1.82) is 0 Å². The molecule has 2 heterocycles. The van der Waals surface area contributed by atoms with Crippen LogP contribution in [-0.2, 0) is 0 Å². The number of nitrogen functional groups attached to an aromatic ring is 1. The Morgan fingerprint density at radius 2 is 2.19 bits per heavy atom. The normalized spacial score (nSPS) is 17.0. The van der Waals surface area contributed by atoms with Gasteiger partial charge in [-0.25, -0.2) is 4.68 Å². The van der Waals surface area contributed by atoms with Crippen LogP contribution in [0.5, 0.6) is 0 Å². The standard InChI is InChI=1S/C12H15N3S/c13-12-8-10(11-6-3-7-16-11)14-15(12)9-4-1-2-5-9/h3,6-9H,1-2,4-5,13H2. The number of aromatic nitrogens is 2. The average molecular weight is 233 g/mol. The second-order valence-corrected chi connectivity index (χ2v) is 5.26. The molecule has 4 heteroatoms. The van der Waals surface area contributed by atoms with Crippen molar-refractivity contribution in [3.63, 3.8) is 0 Å². The van der Waals surface area contributed by atoms with Crippen LogP contribution in [0.4, 0.5) is 5.82 Å². The molecule has 1 aliphatic carbocycles. The van der Waals surface area contributed by atoms with Gasteiger partial charge in [0.15, 0.2) is 0 Å². The summed E-state index contributed by atoms with van der Waals surface area (Å²) in [5.74, 6) is 0.801. The van der Waals surface area contributed by atoms with Gasteiger partial charge in [0, 0.05) is 6.07 Å². The first-order valence-corrected chi connectivity index (χ1v) is 6.61. The Labute approximate surface area is 98.9 Å². The molecule has 1 fully saturated rings. The lowest BCUT2D eigenvalue weighted by Crippen LogP contribution is -2.09. The van der Waals surface area contributed by atoms with E-state index in [1.807, 2.05) is 16.8 Å². The van der Waals surface area contributed by atoms with E-state index >= 15 is 0 Å². The van der Waals surface area contributed by atoms with Crippen molar-refractivity contribution in [2.75, 3.05) is 5.73 Å². The van der Waals surface area contributed by atoms with Crippen molar-refractivity contribution in [2.24, 2.45) is 0 Å². The molecule has 16 heavy (non-hydrogen) atoms. The van der Waals surface area contributed by atoms with Crippen LogP contribution >= 0.6 is 11.3 Å². The Balaban J connectivity index is 1.95. The predicted molar refractivity (Wildman–Crippen MR) is 67.5 cm³/mol. The van der Waals surface area contributed by atoms with Gasteiger partial charge in [0.05, 0.1) is 10.9 Å². The third-order valence-electron chi connectivity index (χ3n) is 3.21. The van der Waals surface area contributed by atoms with E-state index in [9.17, 15) is 0 Å². The molecule has 2 aromatic heterocycles. The first kappa shape index (κ1) is 9.90. The van der Waals surface area contributed by atoms with E-state index in [1.165, 1.54) is 30.6 Å². The minimum Gasteiger partial charge on any atom is -0.384 e. The molecular weight excluding hydrogens is 218 g/mol. The fraction of sp³-hybridized carbons (Fsp3) is 0.417. The quantitative estimate of drug-likeness (QED) is 0.864. The Hall–Kier alpha value is -1.29. The lowest BCUT2D eigenvalue weighted by atomic mass is 10.2.